The summed E-state index contributed by atoms with van der Waals surface area (Å²) in [5, 5.41) is 0. The molecule has 2 nitrogen and oxygen atoms in total. The van der Waals surface area contributed by atoms with Crippen LogP contribution in [0.3, 0.4) is 0 Å². The van der Waals surface area contributed by atoms with E-state index in [1.165, 1.54) is 22.6 Å². The molecule has 0 unspecified atom stereocenters. The number of nitrogens with zero attached hydrogens (tertiary/aromatic N) is 1. The molecule has 0 radical (unpaired) electrons. The van der Waals surface area contributed by atoms with Crippen LogP contribution in [0, 0.1) is 0 Å². The van der Waals surface area contributed by atoms with E-state index in [2.05, 4.69) is 12.1 Å². The molecule has 0 atom stereocenters. The van der Waals surface area contributed by atoms with Gasteiger partial charge >= 0.3 is 0 Å². The number of carbonyl (C=O) groups is 1. The Morgan fingerprint density at radius 3 is 2.82 bits per heavy atom. The molecule has 1 amide bonds. The lowest BCUT2D eigenvalue weighted by Gasteiger charge is -2.20. The van der Waals surface area contributed by atoms with E-state index in [-0.39, 0.29) is 5.91 Å². The second kappa shape index (κ2) is 5.58. The molecule has 0 saturated carbocycles. The van der Waals surface area contributed by atoms with Gasteiger partial charge in [0, 0.05) is 23.5 Å². The van der Waals surface area contributed by atoms with E-state index in [0.717, 1.165) is 25.1 Å². The Morgan fingerprint density at radius 2 is 2.12 bits per heavy atom. The topological polar surface area (TPSA) is 20.3 Å². The molecule has 3 heteroatoms. The predicted octanol–water partition coefficient (Wildman–Crippen LogP) is 3.21. The fraction of sp³-hybridized carbons (Fsp3) is 0.500. The second-order valence-corrected chi connectivity index (χ2v) is 5.39. The standard InChI is InChI=1S/C14H19NOS/c1-3-15(4-2)14(16)12-7-8-13-11(10-12)6-5-9-17-13/h7-8,10H,3-6,9H2,1-2H3. The molecule has 17 heavy (non-hydrogen) atoms. The van der Waals surface area contributed by atoms with E-state index in [1.54, 1.807) is 0 Å². The number of hydrogen-bond acceptors (Lipinski definition) is 2. The highest BCUT2D eigenvalue weighted by molar-refractivity contribution is 7.99. The summed E-state index contributed by atoms with van der Waals surface area (Å²) < 4.78 is 0. The third-order valence-electron chi connectivity index (χ3n) is 3.21. The second-order valence-electron chi connectivity index (χ2n) is 4.25. The summed E-state index contributed by atoms with van der Waals surface area (Å²) in [7, 11) is 0. The maximum absolute atomic E-state index is 12.2. The number of carbonyl (C=O) groups excluding carboxylic acids is 1. The highest BCUT2D eigenvalue weighted by Gasteiger charge is 2.16. The molecule has 0 aliphatic carbocycles. The van der Waals surface area contributed by atoms with Crippen LogP contribution in [0.5, 0.6) is 0 Å². The largest absolute Gasteiger partial charge is 0.339 e. The van der Waals surface area contributed by atoms with Crippen LogP contribution in [0.15, 0.2) is 23.1 Å². The Kier molecular flexibility index (Phi) is 4.11. The number of rotatable bonds is 3. The van der Waals surface area contributed by atoms with Gasteiger partial charge < -0.3 is 4.90 Å². The van der Waals surface area contributed by atoms with E-state index in [1.807, 2.05) is 36.6 Å². The van der Waals surface area contributed by atoms with Crippen LogP contribution >= 0.6 is 11.8 Å². The van der Waals surface area contributed by atoms with Gasteiger partial charge in [0.25, 0.3) is 5.91 Å². The lowest BCUT2D eigenvalue weighted by Crippen LogP contribution is -2.30. The first kappa shape index (κ1) is 12.5. The first-order valence-corrected chi connectivity index (χ1v) is 7.29. The van der Waals surface area contributed by atoms with Crippen LogP contribution in [0.25, 0.3) is 0 Å². The monoisotopic (exact) mass is 249 g/mol. The summed E-state index contributed by atoms with van der Waals surface area (Å²) in [4.78, 5) is 15.4. The smallest absolute Gasteiger partial charge is 0.253 e. The Balaban J connectivity index is 2.24. The van der Waals surface area contributed by atoms with E-state index in [9.17, 15) is 4.79 Å². The molecule has 1 aliphatic rings. The van der Waals surface area contributed by atoms with Gasteiger partial charge in [0.1, 0.15) is 0 Å². The zero-order chi connectivity index (χ0) is 12.3. The minimum absolute atomic E-state index is 0.161. The van der Waals surface area contributed by atoms with E-state index >= 15 is 0 Å². The number of hydrogen-bond donors (Lipinski definition) is 0. The maximum Gasteiger partial charge on any atom is 0.253 e. The van der Waals surface area contributed by atoms with E-state index in [0.29, 0.717) is 0 Å². The van der Waals surface area contributed by atoms with Crippen molar-refractivity contribution in [2.24, 2.45) is 0 Å². The van der Waals surface area contributed by atoms with E-state index in [4.69, 9.17) is 0 Å². The number of thioether (sulfide) groups is 1. The van der Waals surface area contributed by atoms with Crippen molar-refractivity contribution in [3.8, 4) is 0 Å². The quantitative estimate of drug-likeness (QED) is 0.820. The zero-order valence-corrected chi connectivity index (χ0v) is 11.3. The van der Waals surface area contributed by atoms with Crippen LogP contribution in [0.2, 0.25) is 0 Å². The average Bonchev–Trinajstić information content (AvgIpc) is 2.39. The van der Waals surface area contributed by atoms with Crippen LogP contribution in [-0.4, -0.2) is 29.6 Å². The van der Waals surface area contributed by atoms with Gasteiger partial charge in [0.15, 0.2) is 0 Å². The Labute approximate surface area is 107 Å². The molecule has 0 fully saturated rings. The van der Waals surface area contributed by atoms with Crippen molar-refractivity contribution < 1.29 is 4.79 Å². The van der Waals surface area contributed by atoms with Gasteiger partial charge in [0.05, 0.1) is 0 Å². The van der Waals surface area contributed by atoms with Crippen molar-refractivity contribution in [3.63, 3.8) is 0 Å². The molecule has 1 aromatic carbocycles. The predicted molar refractivity (Wildman–Crippen MR) is 72.7 cm³/mol. The fourth-order valence-electron chi connectivity index (χ4n) is 2.19. The van der Waals surface area contributed by atoms with Crippen LogP contribution < -0.4 is 0 Å². The molecule has 1 aliphatic heterocycles. The normalized spacial score (nSPS) is 14.2. The summed E-state index contributed by atoms with van der Waals surface area (Å²) in [6.07, 6.45) is 2.34. The highest BCUT2D eigenvalue weighted by atomic mass is 32.2. The molecule has 0 aromatic heterocycles. The van der Waals surface area contributed by atoms with Crippen LogP contribution in [-0.2, 0) is 6.42 Å². The summed E-state index contributed by atoms with van der Waals surface area (Å²) >= 11 is 1.90. The van der Waals surface area contributed by atoms with Crippen molar-refractivity contribution in [3.05, 3.63) is 29.3 Å². The first-order chi connectivity index (χ1) is 8.26. The molecule has 92 valence electrons. The molecule has 1 aromatic rings. The molecular weight excluding hydrogens is 230 g/mol. The van der Waals surface area contributed by atoms with Crippen molar-refractivity contribution in [2.45, 2.75) is 31.6 Å². The van der Waals surface area contributed by atoms with Crippen LogP contribution in [0.4, 0.5) is 0 Å². The number of aryl methyl sites for hydroxylation is 1. The van der Waals surface area contributed by atoms with Crippen molar-refractivity contribution in [1.82, 2.24) is 4.90 Å². The van der Waals surface area contributed by atoms with Crippen LogP contribution in [0.1, 0.15) is 36.2 Å². The van der Waals surface area contributed by atoms with Crippen molar-refractivity contribution in [1.29, 1.82) is 0 Å². The third-order valence-corrected chi connectivity index (χ3v) is 4.41. The number of benzene rings is 1. The van der Waals surface area contributed by atoms with Gasteiger partial charge in [-0.2, -0.15) is 0 Å². The summed E-state index contributed by atoms with van der Waals surface area (Å²) in [6.45, 7) is 5.60. The lowest BCUT2D eigenvalue weighted by molar-refractivity contribution is 0.0773. The molecule has 0 N–H and O–H groups in total. The zero-order valence-electron chi connectivity index (χ0n) is 10.5. The Morgan fingerprint density at radius 1 is 1.35 bits per heavy atom. The average molecular weight is 249 g/mol. The minimum atomic E-state index is 0.161. The van der Waals surface area contributed by atoms with Gasteiger partial charge in [-0.1, -0.05) is 0 Å². The molecule has 1 heterocycles. The molecule has 0 bridgehead atoms. The Hall–Kier alpha value is -0.960. The third kappa shape index (κ3) is 2.65. The first-order valence-electron chi connectivity index (χ1n) is 6.31. The molecular formula is C14H19NOS. The Bertz CT molecular complexity index is 413. The van der Waals surface area contributed by atoms with Gasteiger partial charge in [-0.05, 0) is 56.2 Å². The van der Waals surface area contributed by atoms with Gasteiger partial charge in [-0.3, -0.25) is 4.79 Å². The number of amides is 1. The molecule has 0 saturated heterocycles. The highest BCUT2D eigenvalue weighted by Crippen LogP contribution is 2.30. The minimum Gasteiger partial charge on any atom is -0.339 e. The van der Waals surface area contributed by atoms with Crippen molar-refractivity contribution >= 4 is 17.7 Å². The van der Waals surface area contributed by atoms with Gasteiger partial charge in [-0.15, -0.1) is 11.8 Å². The molecule has 0 spiro atoms. The fourth-order valence-corrected chi connectivity index (χ4v) is 3.21. The van der Waals surface area contributed by atoms with Gasteiger partial charge in [0.2, 0.25) is 0 Å². The summed E-state index contributed by atoms with van der Waals surface area (Å²) in [5.41, 5.74) is 2.19. The SMILES string of the molecule is CCN(CC)C(=O)c1ccc2c(c1)CCCS2. The van der Waals surface area contributed by atoms with E-state index < -0.39 is 0 Å². The number of fused-ring (bicyclic) bond motifs is 1. The maximum atomic E-state index is 12.2. The van der Waals surface area contributed by atoms with Gasteiger partial charge in [-0.25, -0.2) is 0 Å². The lowest BCUT2D eigenvalue weighted by atomic mass is 10.1. The summed E-state index contributed by atoms with van der Waals surface area (Å²) in [6, 6.07) is 6.16. The summed E-state index contributed by atoms with van der Waals surface area (Å²) in [5.74, 6) is 1.37. The van der Waals surface area contributed by atoms with Crippen molar-refractivity contribution in [2.75, 3.05) is 18.8 Å². The molecule has 2 rings (SSSR count).